The minimum absolute atomic E-state index is 0.0657. The number of ether oxygens (including phenoxy) is 1. The van der Waals surface area contributed by atoms with Crippen LogP contribution in [0.5, 0.6) is 5.75 Å². The van der Waals surface area contributed by atoms with Gasteiger partial charge >= 0.3 is 0 Å². The van der Waals surface area contributed by atoms with E-state index in [1.54, 1.807) is 12.1 Å². The van der Waals surface area contributed by atoms with Crippen LogP contribution in [0.25, 0.3) is 0 Å². The number of β-amino-alcohol motifs (C(OH)–C–C–N with tert-alkyl or cyclic N) is 1. The van der Waals surface area contributed by atoms with E-state index >= 15 is 0 Å². The normalized spacial score (nSPS) is 18.4. The van der Waals surface area contributed by atoms with E-state index in [1.807, 2.05) is 47.4 Å². The van der Waals surface area contributed by atoms with Gasteiger partial charge in [-0.15, -0.1) is 0 Å². The van der Waals surface area contributed by atoms with Gasteiger partial charge in [-0.1, -0.05) is 36.4 Å². The van der Waals surface area contributed by atoms with Gasteiger partial charge in [-0.2, -0.15) is 0 Å². The zero-order valence-electron chi connectivity index (χ0n) is 13.3. The van der Waals surface area contributed by atoms with Crippen molar-refractivity contribution in [1.29, 1.82) is 0 Å². The highest BCUT2D eigenvalue weighted by Crippen LogP contribution is 2.22. The Balaban J connectivity index is 1.62. The molecule has 1 aliphatic rings. The number of fused-ring (bicyclic) bond motifs is 1. The van der Waals surface area contributed by atoms with Gasteiger partial charge in [-0.05, 0) is 23.8 Å². The molecule has 0 saturated carbocycles. The molecule has 0 saturated heterocycles. The summed E-state index contributed by atoms with van der Waals surface area (Å²) in [6.45, 7) is 1.46. The summed E-state index contributed by atoms with van der Waals surface area (Å²) in [6.07, 6.45) is -0.682. The topological polar surface area (TPSA) is 66.8 Å². The molecular weight excluding hydrogens is 326 g/mol. The molecule has 0 aliphatic carbocycles. The van der Waals surface area contributed by atoms with Crippen molar-refractivity contribution < 1.29 is 18.3 Å². The lowest BCUT2D eigenvalue weighted by Gasteiger charge is -2.23. The van der Waals surface area contributed by atoms with Gasteiger partial charge < -0.3 is 9.84 Å². The highest BCUT2D eigenvalue weighted by Gasteiger charge is 2.26. The van der Waals surface area contributed by atoms with Crippen molar-refractivity contribution in [3.63, 3.8) is 0 Å². The second-order valence-electron chi connectivity index (χ2n) is 5.94. The van der Waals surface area contributed by atoms with Crippen molar-refractivity contribution in [3.8, 4) is 5.75 Å². The molecule has 6 heteroatoms. The standard InChI is InChI=1S/C18H21NO4S/c20-16(14-23-17-7-2-1-3-8-17)13-19-10-11-24(21,22)18-9-5-4-6-15(18)12-19/h1-9,16,20H,10-14H2/t16-/m0/s1. The van der Waals surface area contributed by atoms with E-state index in [0.29, 0.717) is 30.3 Å². The molecule has 2 aromatic rings. The van der Waals surface area contributed by atoms with E-state index in [9.17, 15) is 13.5 Å². The first-order valence-corrected chi connectivity index (χ1v) is 9.59. The number of hydrogen-bond donors (Lipinski definition) is 1. The summed E-state index contributed by atoms with van der Waals surface area (Å²) in [5, 5.41) is 10.2. The zero-order chi connectivity index (χ0) is 17.0. The van der Waals surface area contributed by atoms with Crippen LogP contribution < -0.4 is 4.74 Å². The Morgan fingerprint density at radius 1 is 1.08 bits per heavy atom. The number of rotatable bonds is 5. The monoisotopic (exact) mass is 347 g/mol. The lowest BCUT2D eigenvalue weighted by Crippen LogP contribution is -2.36. The lowest BCUT2D eigenvalue weighted by molar-refractivity contribution is 0.0678. The van der Waals surface area contributed by atoms with Crippen LogP contribution in [0.1, 0.15) is 5.56 Å². The van der Waals surface area contributed by atoms with Crippen LogP contribution in [-0.2, 0) is 16.4 Å². The number of aliphatic hydroxyl groups is 1. The predicted molar refractivity (Wildman–Crippen MR) is 91.7 cm³/mol. The quantitative estimate of drug-likeness (QED) is 0.892. The van der Waals surface area contributed by atoms with Crippen molar-refractivity contribution in [3.05, 3.63) is 60.2 Å². The minimum Gasteiger partial charge on any atom is -0.491 e. The van der Waals surface area contributed by atoms with Crippen LogP contribution in [0.15, 0.2) is 59.5 Å². The van der Waals surface area contributed by atoms with E-state index in [2.05, 4.69) is 0 Å². The van der Waals surface area contributed by atoms with Gasteiger partial charge in [0, 0.05) is 19.6 Å². The number of para-hydroxylation sites is 1. The molecule has 0 spiro atoms. The molecule has 2 aromatic carbocycles. The fourth-order valence-corrected chi connectivity index (χ4v) is 4.37. The van der Waals surface area contributed by atoms with Gasteiger partial charge in [0.1, 0.15) is 18.5 Å². The van der Waals surface area contributed by atoms with Crippen LogP contribution in [0, 0.1) is 0 Å². The minimum atomic E-state index is -3.26. The summed E-state index contributed by atoms with van der Waals surface area (Å²) in [5.74, 6) is 0.774. The summed E-state index contributed by atoms with van der Waals surface area (Å²) in [4.78, 5) is 2.37. The first-order chi connectivity index (χ1) is 11.5. The van der Waals surface area contributed by atoms with E-state index in [4.69, 9.17) is 4.74 Å². The fraction of sp³-hybridized carbons (Fsp3) is 0.333. The summed E-state index contributed by atoms with van der Waals surface area (Å²) in [6, 6.07) is 16.4. The van der Waals surface area contributed by atoms with Gasteiger partial charge in [0.05, 0.1) is 10.6 Å². The maximum absolute atomic E-state index is 12.3. The molecular formula is C18H21NO4S. The van der Waals surface area contributed by atoms with Crippen LogP contribution in [0.4, 0.5) is 0 Å². The third kappa shape index (κ3) is 4.14. The van der Waals surface area contributed by atoms with Gasteiger partial charge in [-0.3, -0.25) is 4.90 Å². The average molecular weight is 347 g/mol. The van der Waals surface area contributed by atoms with Gasteiger partial charge in [0.15, 0.2) is 9.84 Å². The first-order valence-electron chi connectivity index (χ1n) is 7.93. The third-order valence-corrected chi connectivity index (χ3v) is 5.82. The van der Waals surface area contributed by atoms with Gasteiger partial charge in [0.2, 0.25) is 0 Å². The first kappa shape index (κ1) is 17.0. The molecule has 1 atom stereocenters. The van der Waals surface area contributed by atoms with E-state index in [1.165, 1.54) is 0 Å². The largest absolute Gasteiger partial charge is 0.491 e. The van der Waals surface area contributed by atoms with Crippen molar-refractivity contribution >= 4 is 9.84 Å². The number of sulfone groups is 1. The SMILES string of the molecule is O=S1(=O)CCN(C[C@H](O)COc2ccccc2)Cc2ccccc21. The zero-order valence-corrected chi connectivity index (χ0v) is 14.2. The second-order valence-corrected chi connectivity index (χ2v) is 8.02. The van der Waals surface area contributed by atoms with Crippen LogP contribution in [0.3, 0.4) is 0 Å². The molecule has 5 nitrogen and oxygen atoms in total. The molecule has 0 unspecified atom stereocenters. The van der Waals surface area contributed by atoms with E-state index in [-0.39, 0.29) is 12.4 Å². The lowest BCUT2D eigenvalue weighted by atomic mass is 10.2. The third-order valence-electron chi connectivity index (χ3n) is 4.03. The molecule has 0 aromatic heterocycles. The smallest absolute Gasteiger partial charge is 0.179 e. The molecule has 0 fully saturated rings. The summed E-state index contributed by atoms with van der Waals surface area (Å²) >= 11 is 0. The molecule has 3 rings (SSSR count). The Bertz CT molecular complexity index is 777. The highest BCUT2D eigenvalue weighted by molar-refractivity contribution is 7.91. The summed E-state index contributed by atoms with van der Waals surface area (Å²) < 4.78 is 30.2. The van der Waals surface area contributed by atoms with Crippen LogP contribution in [-0.4, -0.2) is 50.0 Å². The van der Waals surface area contributed by atoms with Gasteiger partial charge in [0.25, 0.3) is 0 Å². The Kier molecular flexibility index (Phi) is 5.18. The number of hydrogen-bond acceptors (Lipinski definition) is 5. The Morgan fingerprint density at radius 3 is 2.58 bits per heavy atom. The predicted octanol–water partition coefficient (Wildman–Crippen LogP) is 1.72. The number of benzene rings is 2. The Morgan fingerprint density at radius 2 is 1.79 bits per heavy atom. The van der Waals surface area contributed by atoms with Crippen LogP contribution >= 0.6 is 0 Å². The van der Waals surface area contributed by atoms with Gasteiger partial charge in [-0.25, -0.2) is 8.42 Å². The molecule has 1 N–H and O–H groups in total. The molecule has 0 radical (unpaired) electrons. The molecule has 24 heavy (non-hydrogen) atoms. The summed E-state index contributed by atoms with van der Waals surface area (Å²) in [7, 11) is -3.26. The molecule has 1 aliphatic heterocycles. The average Bonchev–Trinajstić information content (AvgIpc) is 2.71. The fourth-order valence-electron chi connectivity index (χ4n) is 2.83. The highest BCUT2D eigenvalue weighted by atomic mass is 32.2. The molecule has 0 bridgehead atoms. The maximum atomic E-state index is 12.3. The Hall–Kier alpha value is -1.89. The number of nitrogens with zero attached hydrogens (tertiary/aromatic N) is 1. The number of aliphatic hydroxyl groups excluding tert-OH is 1. The van der Waals surface area contributed by atoms with E-state index in [0.717, 1.165) is 5.56 Å². The second kappa shape index (κ2) is 7.34. The van der Waals surface area contributed by atoms with Crippen molar-refractivity contribution in [2.45, 2.75) is 17.5 Å². The molecule has 0 amide bonds. The summed E-state index contributed by atoms with van der Waals surface area (Å²) in [5.41, 5.74) is 0.783. The van der Waals surface area contributed by atoms with Crippen molar-refractivity contribution in [2.24, 2.45) is 0 Å². The molecule has 128 valence electrons. The van der Waals surface area contributed by atoms with Crippen molar-refractivity contribution in [1.82, 2.24) is 4.90 Å². The van der Waals surface area contributed by atoms with E-state index < -0.39 is 15.9 Å². The van der Waals surface area contributed by atoms with Crippen LogP contribution in [0.2, 0.25) is 0 Å². The van der Waals surface area contributed by atoms with Crippen molar-refractivity contribution in [2.75, 3.05) is 25.4 Å². The Labute approximate surface area is 142 Å². The molecule has 1 heterocycles. The maximum Gasteiger partial charge on any atom is 0.179 e.